The number of aromatic nitrogens is 3. The van der Waals surface area contributed by atoms with Crippen LogP contribution >= 0.6 is 11.6 Å². The molecule has 0 unspecified atom stereocenters. The highest BCUT2D eigenvalue weighted by atomic mass is 35.5. The number of rotatable bonds is 3. The monoisotopic (exact) mass is 235 g/mol. The lowest BCUT2D eigenvalue weighted by molar-refractivity contribution is 0.628. The highest BCUT2D eigenvalue weighted by Gasteiger charge is 2.08. The van der Waals surface area contributed by atoms with Crippen LogP contribution in [0.15, 0.2) is 30.6 Å². The Hall–Kier alpha value is -1.35. The fourth-order valence-corrected chi connectivity index (χ4v) is 1.85. The third-order valence-corrected chi connectivity index (χ3v) is 2.51. The van der Waals surface area contributed by atoms with Crippen molar-refractivity contribution >= 4 is 11.6 Å². The standard InChI is InChI=1S/C12H14ClN3/c1-9(2)7-10-8-12(13)16(15-10)11-3-5-14-6-4-11/h3-6,8-9H,7H2,1-2H3. The molecule has 0 amide bonds. The smallest absolute Gasteiger partial charge is 0.133 e. The topological polar surface area (TPSA) is 30.7 Å². The Labute approximate surface area is 100 Å². The van der Waals surface area contributed by atoms with Crippen molar-refractivity contribution in [1.29, 1.82) is 0 Å². The van der Waals surface area contributed by atoms with E-state index in [1.165, 1.54) is 0 Å². The minimum absolute atomic E-state index is 0.580. The van der Waals surface area contributed by atoms with Crippen LogP contribution in [0.25, 0.3) is 5.69 Å². The molecule has 0 atom stereocenters. The van der Waals surface area contributed by atoms with Gasteiger partial charge < -0.3 is 0 Å². The number of hydrogen-bond acceptors (Lipinski definition) is 2. The summed E-state index contributed by atoms with van der Waals surface area (Å²) in [6.07, 6.45) is 4.41. The summed E-state index contributed by atoms with van der Waals surface area (Å²) in [7, 11) is 0. The summed E-state index contributed by atoms with van der Waals surface area (Å²) < 4.78 is 1.74. The van der Waals surface area contributed by atoms with Gasteiger partial charge in [0.25, 0.3) is 0 Å². The van der Waals surface area contributed by atoms with Gasteiger partial charge >= 0.3 is 0 Å². The first-order valence-corrected chi connectivity index (χ1v) is 5.69. The second-order valence-corrected chi connectivity index (χ2v) is 4.56. The summed E-state index contributed by atoms with van der Waals surface area (Å²) in [5.41, 5.74) is 1.96. The van der Waals surface area contributed by atoms with Gasteiger partial charge in [-0.05, 0) is 30.5 Å². The molecule has 0 saturated carbocycles. The first-order chi connectivity index (χ1) is 7.66. The minimum atomic E-state index is 0.580. The van der Waals surface area contributed by atoms with E-state index in [-0.39, 0.29) is 0 Å². The fourth-order valence-electron chi connectivity index (χ4n) is 1.59. The van der Waals surface area contributed by atoms with Gasteiger partial charge in [0.15, 0.2) is 0 Å². The molecule has 0 radical (unpaired) electrons. The molecule has 2 heterocycles. The Morgan fingerprint density at radius 1 is 1.31 bits per heavy atom. The van der Waals surface area contributed by atoms with Gasteiger partial charge in [-0.25, -0.2) is 4.68 Å². The van der Waals surface area contributed by atoms with E-state index >= 15 is 0 Å². The summed E-state index contributed by atoms with van der Waals surface area (Å²) in [5, 5.41) is 5.12. The largest absolute Gasteiger partial charge is 0.265 e. The van der Waals surface area contributed by atoms with Crippen molar-refractivity contribution < 1.29 is 0 Å². The van der Waals surface area contributed by atoms with E-state index in [0.29, 0.717) is 11.1 Å². The summed E-state index contributed by atoms with van der Waals surface area (Å²) >= 11 is 6.14. The van der Waals surface area contributed by atoms with Gasteiger partial charge in [0.05, 0.1) is 11.4 Å². The van der Waals surface area contributed by atoms with Crippen LogP contribution in [-0.2, 0) is 6.42 Å². The molecule has 2 rings (SSSR count). The maximum Gasteiger partial charge on any atom is 0.133 e. The zero-order chi connectivity index (χ0) is 11.5. The van der Waals surface area contributed by atoms with Gasteiger partial charge in [-0.1, -0.05) is 25.4 Å². The maximum absolute atomic E-state index is 6.14. The lowest BCUT2D eigenvalue weighted by Crippen LogP contribution is -1.99. The van der Waals surface area contributed by atoms with Crippen molar-refractivity contribution in [3.05, 3.63) is 41.4 Å². The molecular weight excluding hydrogens is 222 g/mol. The van der Waals surface area contributed by atoms with E-state index < -0.39 is 0 Å². The molecule has 0 aromatic carbocycles. The Balaban J connectivity index is 2.32. The number of nitrogens with zero attached hydrogens (tertiary/aromatic N) is 3. The van der Waals surface area contributed by atoms with Crippen molar-refractivity contribution in [1.82, 2.24) is 14.8 Å². The molecule has 0 bridgehead atoms. The van der Waals surface area contributed by atoms with Crippen LogP contribution < -0.4 is 0 Å². The number of pyridine rings is 1. The zero-order valence-corrected chi connectivity index (χ0v) is 10.1. The van der Waals surface area contributed by atoms with Gasteiger partial charge in [-0.2, -0.15) is 5.10 Å². The summed E-state index contributed by atoms with van der Waals surface area (Å²) in [4.78, 5) is 3.97. The number of hydrogen-bond donors (Lipinski definition) is 0. The summed E-state index contributed by atoms with van der Waals surface area (Å²) in [5.74, 6) is 0.580. The maximum atomic E-state index is 6.14. The lowest BCUT2D eigenvalue weighted by atomic mass is 10.1. The molecular formula is C12H14ClN3. The van der Waals surface area contributed by atoms with Crippen LogP contribution in [0.3, 0.4) is 0 Å². The molecule has 0 aliphatic carbocycles. The average Bonchev–Trinajstić information content (AvgIpc) is 2.60. The van der Waals surface area contributed by atoms with E-state index in [9.17, 15) is 0 Å². The third kappa shape index (κ3) is 2.42. The van der Waals surface area contributed by atoms with Gasteiger partial charge in [0.1, 0.15) is 5.15 Å². The molecule has 2 aromatic rings. The Morgan fingerprint density at radius 3 is 2.62 bits per heavy atom. The molecule has 0 aliphatic rings. The molecule has 2 aromatic heterocycles. The van der Waals surface area contributed by atoms with Crippen molar-refractivity contribution in [3.63, 3.8) is 0 Å². The molecule has 84 valence electrons. The average molecular weight is 236 g/mol. The highest BCUT2D eigenvalue weighted by molar-refractivity contribution is 6.29. The fraction of sp³-hybridized carbons (Fsp3) is 0.333. The van der Waals surface area contributed by atoms with Crippen LogP contribution in [0, 0.1) is 5.92 Å². The first-order valence-electron chi connectivity index (χ1n) is 5.31. The van der Waals surface area contributed by atoms with E-state index in [4.69, 9.17) is 11.6 Å². The predicted molar refractivity (Wildman–Crippen MR) is 64.9 cm³/mol. The molecule has 16 heavy (non-hydrogen) atoms. The van der Waals surface area contributed by atoms with Gasteiger partial charge in [-0.15, -0.1) is 0 Å². The van der Waals surface area contributed by atoms with Crippen molar-refractivity contribution in [2.24, 2.45) is 5.92 Å². The Bertz CT molecular complexity index is 462. The predicted octanol–water partition coefficient (Wildman–Crippen LogP) is 3.12. The van der Waals surface area contributed by atoms with E-state index in [2.05, 4.69) is 23.9 Å². The second-order valence-electron chi connectivity index (χ2n) is 4.17. The summed E-state index contributed by atoms with van der Waals surface area (Å²) in [6, 6.07) is 5.69. The molecule has 0 spiro atoms. The van der Waals surface area contributed by atoms with E-state index in [1.807, 2.05) is 18.2 Å². The van der Waals surface area contributed by atoms with Crippen LogP contribution in [-0.4, -0.2) is 14.8 Å². The van der Waals surface area contributed by atoms with Crippen LogP contribution in [0.5, 0.6) is 0 Å². The zero-order valence-electron chi connectivity index (χ0n) is 9.39. The SMILES string of the molecule is CC(C)Cc1cc(Cl)n(-c2ccncc2)n1. The minimum Gasteiger partial charge on any atom is -0.265 e. The van der Waals surface area contributed by atoms with Crippen LogP contribution in [0.4, 0.5) is 0 Å². The van der Waals surface area contributed by atoms with Crippen LogP contribution in [0.2, 0.25) is 5.15 Å². The number of halogens is 1. The highest BCUT2D eigenvalue weighted by Crippen LogP contribution is 2.18. The van der Waals surface area contributed by atoms with Crippen molar-refractivity contribution in [2.45, 2.75) is 20.3 Å². The normalized spacial score (nSPS) is 11.0. The molecule has 0 saturated heterocycles. The van der Waals surface area contributed by atoms with E-state index in [1.54, 1.807) is 17.1 Å². The van der Waals surface area contributed by atoms with Gasteiger partial charge in [0.2, 0.25) is 0 Å². The third-order valence-electron chi connectivity index (χ3n) is 2.24. The first kappa shape index (κ1) is 11.1. The Kier molecular flexibility index (Phi) is 3.25. The van der Waals surface area contributed by atoms with Gasteiger partial charge in [0, 0.05) is 12.4 Å². The Morgan fingerprint density at radius 2 is 2.00 bits per heavy atom. The molecule has 0 N–H and O–H groups in total. The van der Waals surface area contributed by atoms with Crippen LogP contribution in [0.1, 0.15) is 19.5 Å². The van der Waals surface area contributed by atoms with Crippen molar-refractivity contribution in [2.75, 3.05) is 0 Å². The van der Waals surface area contributed by atoms with Gasteiger partial charge in [-0.3, -0.25) is 4.98 Å². The quantitative estimate of drug-likeness (QED) is 0.819. The lowest BCUT2D eigenvalue weighted by Gasteiger charge is -2.02. The molecule has 0 aliphatic heterocycles. The van der Waals surface area contributed by atoms with E-state index in [0.717, 1.165) is 17.8 Å². The van der Waals surface area contributed by atoms with Crippen molar-refractivity contribution in [3.8, 4) is 5.69 Å². The summed E-state index contributed by atoms with van der Waals surface area (Å²) in [6.45, 7) is 4.33. The molecule has 4 heteroatoms. The second kappa shape index (κ2) is 4.66. The molecule has 0 fully saturated rings. The molecule has 3 nitrogen and oxygen atoms in total.